The van der Waals surface area contributed by atoms with Gasteiger partial charge >= 0.3 is 6.16 Å². The summed E-state index contributed by atoms with van der Waals surface area (Å²) in [6.07, 6.45) is -0.385. The smallest absolute Gasteiger partial charge is 0.454 e. The van der Waals surface area contributed by atoms with E-state index in [1.807, 2.05) is 13.8 Å². The van der Waals surface area contributed by atoms with Crippen LogP contribution in [0, 0.1) is 6.92 Å². The number of carboxylic acid groups (broad SMARTS) is 1. The molecule has 1 aliphatic heterocycles. The quantitative estimate of drug-likeness (QED) is 0.510. The van der Waals surface area contributed by atoms with Gasteiger partial charge in [-0.2, -0.15) is 0 Å². The van der Waals surface area contributed by atoms with Crippen molar-refractivity contribution in [1.29, 1.82) is 0 Å². The molecule has 0 bridgehead atoms. The van der Waals surface area contributed by atoms with Gasteiger partial charge in [0.15, 0.2) is 5.78 Å². The van der Waals surface area contributed by atoms with Crippen molar-refractivity contribution in [3.05, 3.63) is 41.0 Å². The molecule has 0 saturated heterocycles. The van der Waals surface area contributed by atoms with E-state index in [1.165, 1.54) is 0 Å². The van der Waals surface area contributed by atoms with E-state index >= 15 is 0 Å². The summed E-state index contributed by atoms with van der Waals surface area (Å²) in [6, 6.07) is 3.49. The van der Waals surface area contributed by atoms with Crippen molar-refractivity contribution in [2.45, 2.75) is 39.4 Å². The van der Waals surface area contributed by atoms with Crippen LogP contribution >= 0.6 is 0 Å². The van der Waals surface area contributed by atoms with Gasteiger partial charge in [-0.25, -0.2) is 4.79 Å². The zero-order valence-corrected chi connectivity index (χ0v) is 12.1. The van der Waals surface area contributed by atoms with Gasteiger partial charge < -0.3 is 14.6 Å². The van der Waals surface area contributed by atoms with Crippen LogP contribution in [0.15, 0.2) is 24.3 Å². The minimum absolute atomic E-state index is 0.0697. The molecule has 0 radical (unpaired) electrons. The Morgan fingerprint density at radius 2 is 2.19 bits per heavy atom. The van der Waals surface area contributed by atoms with E-state index < -0.39 is 12.4 Å². The Balaban J connectivity index is 2.23. The van der Waals surface area contributed by atoms with Crippen LogP contribution < -0.4 is 4.74 Å². The van der Waals surface area contributed by atoms with Crippen molar-refractivity contribution in [3.63, 3.8) is 0 Å². The normalized spacial score (nSPS) is 16.0. The molecule has 1 heterocycles. The maximum Gasteiger partial charge on any atom is 0.508 e. The summed E-state index contributed by atoms with van der Waals surface area (Å²) >= 11 is 0. The summed E-state index contributed by atoms with van der Waals surface area (Å²) in [4.78, 5) is 22.9. The van der Waals surface area contributed by atoms with E-state index in [2.05, 4.69) is 11.3 Å². The minimum Gasteiger partial charge on any atom is -0.454 e. The third-order valence-electron chi connectivity index (χ3n) is 3.40. The lowest BCUT2D eigenvalue weighted by Gasteiger charge is -2.10. The van der Waals surface area contributed by atoms with Gasteiger partial charge in [-0.05, 0) is 36.6 Å². The minimum atomic E-state index is -1.38. The Morgan fingerprint density at radius 3 is 2.81 bits per heavy atom. The summed E-state index contributed by atoms with van der Waals surface area (Å²) in [7, 11) is 0. The third kappa shape index (κ3) is 3.24. The standard InChI is InChI=1S/C16H18O5/c1-4-5-9(2)15(17)12-7-11-8-14(21-16(18)19)20-13(11)6-10(12)3/h6-7,14H,2,4-5,8H2,1,3H3,(H,18,19). The van der Waals surface area contributed by atoms with E-state index in [4.69, 9.17) is 9.84 Å². The van der Waals surface area contributed by atoms with Crippen LogP contribution in [-0.4, -0.2) is 23.3 Å². The number of ether oxygens (including phenoxy) is 2. The van der Waals surface area contributed by atoms with Gasteiger partial charge in [0.05, 0.1) is 6.42 Å². The highest BCUT2D eigenvalue weighted by Crippen LogP contribution is 2.33. The second kappa shape index (κ2) is 5.99. The van der Waals surface area contributed by atoms with Gasteiger partial charge in [0.2, 0.25) is 0 Å². The van der Waals surface area contributed by atoms with Gasteiger partial charge in [0.25, 0.3) is 6.29 Å². The number of rotatable bonds is 5. The van der Waals surface area contributed by atoms with Gasteiger partial charge in [0, 0.05) is 11.1 Å². The highest BCUT2D eigenvalue weighted by molar-refractivity contribution is 6.09. The summed E-state index contributed by atoms with van der Waals surface area (Å²) in [5.41, 5.74) is 2.73. The number of ketones is 1. The molecule has 1 aromatic carbocycles. The van der Waals surface area contributed by atoms with Gasteiger partial charge in [-0.15, -0.1) is 0 Å². The number of aryl methyl sites for hydroxylation is 1. The Bertz CT molecular complexity index is 603. The van der Waals surface area contributed by atoms with Crippen LogP contribution in [0.4, 0.5) is 4.79 Å². The number of hydrogen-bond donors (Lipinski definition) is 1. The van der Waals surface area contributed by atoms with Gasteiger partial charge in [0.1, 0.15) is 5.75 Å². The molecule has 0 spiro atoms. The molecule has 1 aromatic rings. The topological polar surface area (TPSA) is 72.8 Å². The van der Waals surface area contributed by atoms with Crippen molar-refractivity contribution in [1.82, 2.24) is 0 Å². The van der Waals surface area contributed by atoms with Crippen LogP contribution in [0.2, 0.25) is 0 Å². The van der Waals surface area contributed by atoms with Gasteiger partial charge in [-0.3, -0.25) is 4.79 Å². The molecule has 2 rings (SSSR count). The maximum absolute atomic E-state index is 12.3. The number of hydrogen-bond acceptors (Lipinski definition) is 4. The average molecular weight is 290 g/mol. The predicted molar refractivity (Wildman–Crippen MR) is 76.8 cm³/mol. The molecule has 0 fully saturated rings. The SMILES string of the molecule is C=C(CCC)C(=O)c1cc2c(cc1C)OC(OC(=O)O)C2. The lowest BCUT2D eigenvalue weighted by atomic mass is 9.95. The van der Waals surface area contributed by atoms with Crippen molar-refractivity contribution < 1.29 is 24.2 Å². The second-order valence-corrected chi connectivity index (χ2v) is 5.09. The number of allylic oxidation sites excluding steroid dienone is 1. The van der Waals surface area contributed by atoms with E-state index in [-0.39, 0.29) is 5.78 Å². The van der Waals surface area contributed by atoms with Crippen LogP contribution in [0.25, 0.3) is 0 Å². The van der Waals surface area contributed by atoms with E-state index in [1.54, 1.807) is 12.1 Å². The fraction of sp³-hybridized carbons (Fsp3) is 0.375. The van der Waals surface area contributed by atoms with Crippen LogP contribution in [0.3, 0.4) is 0 Å². The van der Waals surface area contributed by atoms with Crippen LogP contribution in [0.1, 0.15) is 41.3 Å². The third-order valence-corrected chi connectivity index (χ3v) is 3.40. The molecular weight excluding hydrogens is 272 g/mol. The number of fused-ring (bicyclic) bond motifs is 1. The van der Waals surface area contributed by atoms with Crippen molar-refractivity contribution in [2.75, 3.05) is 0 Å². The van der Waals surface area contributed by atoms with Crippen molar-refractivity contribution in [3.8, 4) is 5.75 Å². The summed E-state index contributed by atoms with van der Waals surface area (Å²) in [5.74, 6) is 0.496. The number of carbonyl (C=O) groups excluding carboxylic acids is 1. The van der Waals surface area contributed by atoms with Gasteiger partial charge in [-0.1, -0.05) is 19.9 Å². The lowest BCUT2D eigenvalue weighted by molar-refractivity contribution is -0.0394. The number of benzene rings is 1. The number of Topliss-reactive ketones (excluding diaryl/α,β-unsaturated/α-hetero) is 1. The molecule has 0 aromatic heterocycles. The predicted octanol–water partition coefficient (Wildman–Crippen LogP) is 3.49. The zero-order valence-electron chi connectivity index (χ0n) is 12.1. The van der Waals surface area contributed by atoms with Crippen LogP contribution in [-0.2, 0) is 11.2 Å². The highest BCUT2D eigenvalue weighted by Gasteiger charge is 2.28. The summed E-state index contributed by atoms with van der Waals surface area (Å²) in [6.45, 7) is 7.64. The maximum atomic E-state index is 12.3. The first-order chi connectivity index (χ1) is 9.92. The Kier molecular flexibility index (Phi) is 4.31. The molecule has 1 N–H and O–H groups in total. The van der Waals surface area contributed by atoms with Crippen molar-refractivity contribution >= 4 is 11.9 Å². The molecule has 112 valence electrons. The van der Waals surface area contributed by atoms with Crippen LogP contribution in [0.5, 0.6) is 5.75 Å². The molecule has 5 nitrogen and oxygen atoms in total. The molecule has 21 heavy (non-hydrogen) atoms. The summed E-state index contributed by atoms with van der Waals surface area (Å²) in [5, 5.41) is 8.61. The first kappa shape index (κ1) is 15.1. The second-order valence-electron chi connectivity index (χ2n) is 5.09. The number of carbonyl (C=O) groups is 2. The summed E-state index contributed by atoms with van der Waals surface area (Å²) < 4.78 is 10.0. The first-order valence-corrected chi connectivity index (χ1v) is 6.84. The molecule has 1 unspecified atom stereocenters. The van der Waals surface area contributed by atoms with E-state index in [9.17, 15) is 9.59 Å². The Labute approximate surface area is 123 Å². The first-order valence-electron chi connectivity index (χ1n) is 6.84. The molecule has 0 saturated carbocycles. The fourth-order valence-electron chi connectivity index (χ4n) is 2.39. The zero-order chi connectivity index (χ0) is 15.6. The molecule has 0 amide bonds. The molecule has 0 aliphatic carbocycles. The largest absolute Gasteiger partial charge is 0.508 e. The molecule has 1 atom stereocenters. The molecule has 5 heteroatoms. The van der Waals surface area contributed by atoms with E-state index in [0.717, 1.165) is 17.5 Å². The van der Waals surface area contributed by atoms with Crippen molar-refractivity contribution in [2.24, 2.45) is 0 Å². The lowest BCUT2D eigenvalue weighted by Crippen LogP contribution is -2.20. The molecular formula is C16H18O5. The highest BCUT2D eigenvalue weighted by atomic mass is 16.8. The monoisotopic (exact) mass is 290 g/mol. The average Bonchev–Trinajstić information content (AvgIpc) is 2.77. The fourth-order valence-corrected chi connectivity index (χ4v) is 2.39. The Hall–Kier alpha value is -2.30. The Morgan fingerprint density at radius 1 is 1.48 bits per heavy atom. The van der Waals surface area contributed by atoms with E-state index in [0.29, 0.717) is 29.7 Å². The molecule has 1 aliphatic rings.